The van der Waals surface area contributed by atoms with Crippen molar-refractivity contribution in [2.45, 2.75) is 26.2 Å². The molecule has 0 aromatic heterocycles. The van der Waals surface area contributed by atoms with E-state index in [0.29, 0.717) is 25.2 Å². The number of ether oxygens (including phenoxy) is 2. The third-order valence-corrected chi connectivity index (χ3v) is 2.32. The Labute approximate surface area is 96.4 Å². The Balaban J connectivity index is 2.24. The lowest BCUT2D eigenvalue weighted by atomic mass is 10.2. The lowest BCUT2D eigenvalue weighted by Crippen LogP contribution is -2.02. The van der Waals surface area contributed by atoms with Gasteiger partial charge in [-0.05, 0) is 30.7 Å². The fourth-order valence-electron chi connectivity index (χ4n) is 1.31. The third-order valence-electron chi connectivity index (χ3n) is 2.32. The first-order chi connectivity index (χ1) is 7.76. The lowest BCUT2D eigenvalue weighted by Gasteiger charge is -2.06. The van der Waals surface area contributed by atoms with E-state index < -0.39 is 0 Å². The van der Waals surface area contributed by atoms with Crippen molar-refractivity contribution in [1.29, 1.82) is 0 Å². The van der Waals surface area contributed by atoms with Crippen LogP contribution in [0.3, 0.4) is 0 Å². The average Bonchev–Trinajstić information content (AvgIpc) is 2.35. The molecule has 0 aliphatic rings. The molecule has 3 nitrogen and oxygen atoms in total. The highest BCUT2D eigenvalue weighted by molar-refractivity contribution is 5.77. The molecule has 0 N–H and O–H groups in total. The molecule has 1 aromatic carbocycles. The second kappa shape index (κ2) is 6.88. The van der Waals surface area contributed by atoms with Crippen LogP contribution in [0.2, 0.25) is 0 Å². The van der Waals surface area contributed by atoms with Crippen LogP contribution in [-0.2, 0) is 4.79 Å². The summed E-state index contributed by atoms with van der Waals surface area (Å²) in [4.78, 5) is 11.0. The number of hydrogen-bond acceptors (Lipinski definition) is 3. The van der Waals surface area contributed by atoms with Gasteiger partial charge in [0, 0.05) is 12.8 Å². The first-order valence-corrected chi connectivity index (χ1v) is 5.54. The second-order valence-electron chi connectivity index (χ2n) is 3.52. The molecule has 0 bridgehead atoms. The van der Waals surface area contributed by atoms with Gasteiger partial charge in [0.05, 0.1) is 13.7 Å². The second-order valence-corrected chi connectivity index (χ2v) is 3.52. The number of Topliss-reactive ketones (excluding diaryl/α,β-unsaturated/α-hetero) is 1. The monoisotopic (exact) mass is 222 g/mol. The van der Waals surface area contributed by atoms with Crippen LogP contribution in [0.15, 0.2) is 24.3 Å². The van der Waals surface area contributed by atoms with Crippen LogP contribution >= 0.6 is 0 Å². The maximum Gasteiger partial charge on any atom is 0.132 e. The van der Waals surface area contributed by atoms with Crippen molar-refractivity contribution in [2.75, 3.05) is 13.7 Å². The van der Waals surface area contributed by atoms with Crippen LogP contribution in [0.1, 0.15) is 26.2 Å². The molecule has 0 aliphatic carbocycles. The normalized spacial score (nSPS) is 9.88. The van der Waals surface area contributed by atoms with Gasteiger partial charge in [0.15, 0.2) is 0 Å². The summed E-state index contributed by atoms with van der Waals surface area (Å²) >= 11 is 0. The number of carbonyl (C=O) groups is 1. The van der Waals surface area contributed by atoms with Gasteiger partial charge in [0.25, 0.3) is 0 Å². The predicted octanol–water partition coefficient (Wildman–Crippen LogP) is 2.83. The Bertz CT molecular complexity index is 316. The molecule has 1 rings (SSSR count). The number of ketones is 1. The van der Waals surface area contributed by atoms with Crippen LogP contribution in [0, 0.1) is 0 Å². The average molecular weight is 222 g/mol. The number of benzene rings is 1. The molecule has 88 valence electrons. The highest BCUT2D eigenvalue weighted by atomic mass is 16.5. The topological polar surface area (TPSA) is 35.5 Å². The van der Waals surface area contributed by atoms with Crippen molar-refractivity contribution in [3.8, 4) is 11.5 Å². The van der Waals surface area contributed by atoms with Crippen molar-refractivity contribution in [3.63, 3.8) is 0 Å². The maximum atomic E-state index is 11.0. The summed E-state index contributed by atoms with van der Waals surface area (Å²) in [5, 5.41) is 0. The smallest absolute Gasteiger partial charge is 0.132 e. The van der Waals surface area contributed by atoms with Crippen molar-refractivity contribution in [1.82, 2.24) is 0 Å². The summed E-state index contributed by atoms with van der Waals surface area (Å²) in [6.45, 7) is 2.46. The van der Waals surface area contributed by atoms with Gasteiger partial charge in [-0.3, -0.25) is 4.79 Å². The Kier molecular flexibility index (Phi) is 5.40. The van der Waals surface area contributed by atoms with E-state index in [4.69, 9.17) is 9.47 Å². The zero-order valence-corrected chi connectivity index (χ0v) is 9.86. The standard InChI is InChI=1S/C13H18O3/c1-3-11(14)5-4-10-16-13-8-6-12(15-2)7-9-13/h6-9H,3-5,10H2,1-2H3. The summed E-state index contributed by atoms with van der Waals surface area (Å²) < 4.78 is 10.5. The Morgan fingerprint density at radius 2 is 1.81 bits per heavy atom. The summed E-state index contributed by atoms with van der Waals surface area (Å²) in [5.41, 5.74) is 0. The van der Waals surface area contributed by atoms with Crippen molar-refractivity contribution < 1.29 is 14.3 Å². The molecule has 3 heteroatoms. The van der Waals surface area contributed by atoms with Crippen molar-refractivity contribution >= 4 is 5.78 Å². The van der Waals surface area contributed by atoms with Gasteiger partial charge >= 0.3 is 0 Å². The molecule has 16 heavy (non-hydrogen) atoms. The highest BCUT2D eigenvalue weighted by Gasteiger charge is 1.99. The van der Waals surface area contributed by atoms with Crippen molar-refractivity contribution in [3.05, 3.63) is 24.3 Å². The Morgan fingerprint density at radius 1 is 1.19 bits per heavy atom. The van der Waals surface area contributed by atoms with Gasteiger partial charge in [-0.15, -0.1) is 0 Å². The molecule has 0 heterocycles. The molecule has 1 aromatic rings. The van der Waals surface area contributed by atoms with Crippen LogP contribution in [0.4, 0.5) is 0 Å². The number of hydrogen-bond donors (Lipinski definition) is 0. The minimum Gasteiger partial charge on any atom is -0.497 e. The van der Waals surface area contributed by atoms with E-state index in [9.17, 15) is 4.79 Å². The molecule has 0 atom stereocenters. The molecule has 0 unspecified atom stereocenters. The van der Waals surface area contributed by atoms with Gasteiger partial charge in [-0.1, -0.05) is 6.92 Å². The molecular formula is C13H18O3. The zero-order valence-electron chi connectivity index (χ0n) is 9.86. The largest absolute Gasteiger partial charge is 0.497 e. The highest BCUT2D eigenvalue weighted by Crippen LogP contribution is 2.17. The molecule has 0 radical (unpaired) electrons. The minimum absolute atomic E-state index is 0.290. The number of methoxy groups -OCH3 is 1. The predicted molar refractivity (Wildman–Crippen MR) is 63.0 cm³/mol. The van der Waals surface area contributed by atoms with Crippen LogP contribution in [0.25, 0.3) is 0 Å². The fourth-order valence-corrected chi connectivity index (χ4v) is 1.31. The Morgan fingerprint density at radius 3 is 2.38 bits per heavy atom. The van der Waals surface area contributed by atoms with Gasteiger partial charge in [-0.25, -0.2) is 0 Å². The molecule has 0 fully saturated rings. The summed E-state index contributed by atoms with van der Waals surface area (Å²) in [6.07, 6.45) is 1.99. The van der Waals surface area contributed by atoms with Gasteiger partial charge < -0.3 is 9.47 Å². The maximum absolute atomic E-state index is 11.0. The van der Waals surface area contributed by atoms with E-state index in [-0.39, 0.29) is 0 Å². The van der Waals surface area contributed by atoms with Gasteiger partial charge in [0.1, 0.15) is 17.3 Å². The number of carbonyl (C=O) groups excluding carboxylic acids is 1. The minimum atomic E-state index is 0.290. The summed E-state index contributed by atoms with van der Waals surface area (Å²) in [6, 6.07) is 7.43. The van der Waals surface area contributed by atoms with Gasteiger partial charge in [-0.2, -0.15) is 0 Å². The zero-order chi connectivity index (χ0) is 11.8. The van der Waals surface area contributed by atoms with Crippen LogP contribution in [-0.4, -0.2) is 19.5 Å². The van der Waals surface area contributed by atoms with Crippen LogP contribution < -0.4 is 9.47 Å². The summed E-state index contributed by atoms with van der Waals surface area (Å²) in [5.74, 6) is 1.91. The van der Waals surface area contributed by atoms with Gasteiger partial charge in [0.2, 0.25) is 0 Å². The quantitative estimate of drug-likeness (QED) is 0.665. The molecule has 0 saturated heterocycles. The Hall–Kier alpha value is -1.51. The summed E-state index contributed by atoms with van der Waals surface area (Å²) in [7, 11) is 1.63. The molecule has 0 saturated carbocycles. The van der Waals surface area contributed by atoms with E-state index in [1.807, 2.05) is 31.2 Å². The SMILES string of the molecule is CCC(=O)CCCOc1ccc(OC)cc1. The van der Waals surface area contributed by atoms with Crippen molar-refractivity contribution in [2.24, 2.45) is 0 Å². The molecule has 0 spiro atoms. The van der Waals surface area contributed by atoms with Crippen LogP contribution in [0.5, 0.6) is 11.5 Å². The molecule has 0 aliphatic heterocycles. The molecule has 0 amide bonds. The number of rotatable bonds is 7. The fraction of sp³-hybridized carbons (Fsp3) is 0.462. The first kappa shape index (κ1) is 12.6. The van der Waals surface area contributed by atoms with E-state index >= 15 is 0 Å². The lowest BCUT2D eigenvalue weighted by molar-refractivity contribution is -0.118. The third kappa shape index (κ3) is 4.34. The first-order valence-electron chi connectivity index (χ1n) is 5.54. The van der Waals surface area contributed by atoms with E-state index in [0.717, 1.165) is 17.9 Å². The van der Waals surface area contributed by atoms with E-state index in [2.05, 4.69) is 0 Å². The molecular weight excluding hydrogens is 204 g/mol. The van der Waals surface area contributed by atoms with E-state index in [1.54, 1.807) is 7.11 Å². The van der Waals surface area contributed by atoms with E-state index in [1.165, 1.54) is 0 Å².